The molecule has 110 valence electrons. The van der Waals surface area contributed by atoms with E-state index in [9.17, 15) is 9.59 Å². The van der Waals surface area contributed by atoms with Gasteiger partial charge >= 0.3 is 5.97 Å². The van der Waals surface area contributed by atoms with Crippen molar-refractivity contribution in [1.29, 1.82) is 0 Å². The number of hydrogen-bond donors (Lipinski definition) is 1. The fourth-order valence-electron chi connectivity index (χ4n) is 2.62. The number of hydrogen-bond acceptors (Lipinski definition) is 4. The number of carbonyl (C=O) groups is 2. The number of nitrogens with two attached hydrogens (primary N) is 1. The maximum atomic E-state index is 12.5. The van der Waals surface area contributed by atoms with Crippen LogP contribution in [0.25, 0.3) is 0 Å². The molecule has 2 heterocycles. The average Bonchev–Trinajstić information content (AvgIpc) is 2.87. The summed E-state index contributed by atoms with van der Waals surface area (Å²) in [5.41, 5.74) is 6.96. The van der Waals surface area contributed by atoms with Gasteiger partial charge in [0.1, 0.15) is 5.69 Å². The van der Waals surface area contributed by atoms with Gasteiger partial charge in [0.2, 0.25) is 0 Å². The van der Waals surface area contributed by atoms with Gasteiger partial charge in [-0.25, -0.2) is 0 Å². The molecule has 1 aromatic rings. The van der Waals surface area contributed by atoms with Crippen molar-refractivity contribution in [2.45, 2.75) is 26.3 Å². The van der Waals surface area contributed by atoms with E-state index in [-0.39, 0.29) is 17.8 Å². The molecule has 1 fully saturated rings. The summed E-state index contributed by atoms with van der Waals surface area (Å²) in [6.07, 6.45) is 3.08. The molecule has 0 saturated carbocycles. The lowest BCUT2D eigenvalue weighted by Crippen LogP contribution is -2.41. The smallest absolute Gasteiger partial charge is 0.308 e. The first kappa shape index (κ1) is 14.4. The summed E-state index contributed by atoms with van der Waals surface area (Å²) in [5, 5.41) is 0. The predicted octanol–water partition coefficient (Wildman–Crippen LogP) is 1.12. The second-order valence-electron chi connectivity index (χ2n) is 5.03. The maximum absolute atomic E-state index is 12.5. The minimum Gasteiger partial charge on any atom is -0.469 e. The van der Waals surface area contributed by atoms with Gasteiger partial charge in [-0.15, -0.1) is 0 Å². The average molecular weight is 279 g/mol. The molecule has 1 saturated heterocycles. The number of methoxy groups -OCH3 is 1. The number of amides is 1. The number of piperidine rings is 1. The Labute approximate surface area is 118 Å². The maximum Gasteiger partial charge on any atom is 0.308 e. The van der Waals surface area contributed by atoms with E-state index in [1.165, 1.54) is 7.11 Å². The van der Waals surface area contributed by atoms with E-state index in [4.69, 9.17) is 10.5 Å². The van der Waals surface area contributed by atoms with E-state index >= 15 is 0 Å². The molecule has 6 heteroatoms. The van der Waals surface area contributed by atoms with Crippen LogP contribution >= 0.6 is 0 Å². The van der Waals surface area contributed by atoms with E-state index in [1.54, 1.807) is 17.2 Å². The van der Waals surface area contributed by atoms with Gasteiger partial charge in [-0.2, -0.15) is 0 Å². The van der Waals surface area contributed by atoms with Crippen molar-refractivity contribution in [3.05, 3.63) is 18.0 Å². The molecule has 2 rings (SSSR count). The molecule has 1 aromatic heterocycles. The highest BCUT2D eigenvalue weighted by Gasteiger charge is 2.29. The Kier molecular flexibility index (Phi) is 4.32. The van der Waals surface area contributed by atoms with Crippen LogP contribution in [0.2, 0.25) is 0 Å². The molecule has 20 heavy (non-hydrogen) atoms. The summed E-state index contributed by atoms with van der Waals surface area (Å²) in [6.45, 7) is 3.83. The van der Waals surface area contributed by atoms with Gasteiger partial charge < -0.3 is 19.9 Å². The molecule has 1 aliphatic heterocycles. The SMILES string of the molecule is CCn1cc(N)cc1C(=O)N1CCC(C(=O)OC)CC1. The zero-order chi connectivity index (χ0) is 14.7. The largest absolute Gasteiger partial charge is 0.469 e. The van der Waals surface area contributed by atoms with Crippen LogP contribution in [0.1, 0.15) is 30.3 Å². The zero-order valence-corrected chi connectivity index (χ0v) is 12.0. The number of likely N-dealkylation sites (tertiary alicyclic amines) is 1. The molecule has 0 unspecified atom stereocenters. The summed E-state index contributed by atoms with van der Waals surface area (Å²) in [4.78, 5) is 25.7. The van der Waals surface area contributed by atoms with Crippen LogP contribution in [-0.4, -0.2) is 41.5 Å². The first-order chi connectivity index (χ1) is 9.56. The van der Waals surface area contributed by atoms with Gasteiger partial charge in [0.05, 0.1) is 18.7 Å². The molecule has 0 aliphatic carbocycles. The van der Waals surface area contributed by atoms with Gasteiger partial charge in [0.15, 0.2) is 0 Å². The molecule has 0 bridgehead atoms. The minimum atomic E-state index is -0.182. The lowest BCUT2D eigenvalue weighted by Gasteiger charge is -2.30. The van der Waals surface area contributed by atoms with Gasteiger partial charge in [0, 0.05) is 25.8 Å². The topological polar surface area (TPSA) is 77.6 Å². The Morgan fingerprint density at radius 2 is 2.05 bits per heavy atom. The first-order valence-corrected chi connectivity index (χ1v) is 6.89. The molecule has 1 aliphatic rings. The van der Waals surface area contributed by atoms with E-state index in [2.05, 4.69) is 0 Å². The summed E-state index contributed by atoms with van der Waals surface area (Å²) in [5.74, 6) is -0.294. The van der Waals surface area contributed by atoms with Gasteiger partial charge in [-0.05, 0) is 25.8 Å². The number of ether oxygens (including phenoxy) is 1. The van der Waals surface area contributed by atoms with E-state index in [0.29, 0.717) is 43.9 Å². The summed E-state index contributed by atoms with van der Waals surface area (Å²) in [6, 6.07) is 1.71. The van der Waals surface area contributed by atoms with Crippen molar-refractivity contribution in [3.63, 3.8) is 0 Å². The molecule has 2 N–H and O–H groups in total. The van der Waals surface area contributed by atoms with Crippen LogP contribution in [-0.2, 0) is 16.1 Å². The normalized spacial score (nSPS) is 16.2. The van der Waals surface area contributed by atoms with Gasteiger partial charge in [0.25, 0.3) is 5.91 Å². The van der Waals surface area contributed by atoms with Crippen molar-refractivity contribution in [2.75, 3.05) is 25.9 Å². The van der Waals surface area contributed by atoms with E-state index in [0.717, 1.165) is 0 Å². The first-order valence-electron chi connectivity index (χ1n) is 6.89. The molecule has 1 amide bonds. The second-order valence-corrected chi connectivity index (χ2v) is 5.03. The number of carbonyl (C=O) groups excluding carboxylic acids is 2. The molecular weight excluding hydrogens is 258 g/mol. The molecule has 0 radical (unpaired) electrons. The minimum absolute atomic E-state index is 0.0214. The molecule has 0 aromatic carbocycles. The number of aromatic nitrogens is 1. The standard InChI is InChI=1S/C14H21N3O3/c1-3-16-9-11(15)8-12(16)13(18)17-6-4-10(5-7-17)14(19)20-2/h8-10H,3-7,15H2,1-2H3. The fraction of sp³-hybridized carbons (Fsp3) is 0.571. The summed E-state index contributed by atoms with van der Waals surface area (Å²) >= 11 is 0. The lowest BCUT2D eigenvalue weighted by atomic mass is 9.97. The van der Waals surface area contributed by atoms with Crippen LogP contribution in [0, 0.1) is 5.92 Å². The highest BCUT2D eigenvalue weighted by Crippen LogP contribution is 2.21. The van der Waals surface area contributed by atoms with Gasteiger partial charge in [-0.1, -0.05) is 0 Å². The third kappa shape index (κ3) is 2.79. The monoisotopic (exact) mass is 279 g/mol. The zero-order valence-electron chi connectivity index (χ0n) is 12.0. The Morgan fingerprint density at radius 3 is 2.60 bits per heavy atom. The van der Waals surface area contributed by atoms with Crippen molar-refractivity contribution < 1.29 is 14.3 Å². The number of nitrogen functional groups attached to an aromatic ring is 1. The second kappa shape index (κ2) is 5.98. The molecular formula is C14H21N3O3. The quantitative estimate of drug-likeness (QED) is 0.841. The van der Waals surface area contributed by atoms with Crippen LogP contribution < -0.4 is 5.73 Å². The highest BCUT2D eigenvalue weighted by molar-refractivity contribution is 5.94. The number of nitrogens with zero attached hydrogens (tertiary/aromatic N) is 2. The molecule has 6 nitrogen and oxygen atoms in total. The summed E-state index contributed by atoms with van der Waals surface area (Å²) < 4.78 is 6.60. The van der Waals surface area contributed by atoms with Crippen molar-refractivity contribution in [3.8, 4) is 0 Å². The van der Waals surface area contributed by atoms with Crippen LogP contribution in [0.4, 0.5) is 5.69 Å². The van der Waals surface area contributed by atoms with Crippen molar-refractivity contribution in [2.24, 2.45) is 5.92 Å². The van der Waals surface area contributed by atoms with E-state index < -0.39 is 0 Å². The Hall–Kier alpha value is -1.98. The number of aryl methyl sites for hydroxylation is 1. The van der Waals surface area contributed by atoms with Crippen LogP contribution in [0.3, 0.4) is 0 Å². The number of esters is 1. The van der Waals surface area contributed by atoms with E-state index in [1.807, 2.05) is 11.5 Å². The van der Waals surface area contributed by atoms with Crippen molar-refractivity contribution in [1.82, 2.24) is 9.47 Å². The fourth-order valence-corrected chi connectivity index (χ4v) is 2.62. The van der Waals surface area contributed by atoms with Crippen molar-refractivity contribution >= 4 is 17.6 Å². The predicted molar refractivity (Wildman–Crippen MR) is 75.2 cm³/mol. The number of anilines is 1. The van der Waals surface area contributed by atoms with Gasteiger partial charge in [-0.3, -0.25) is 9.59 Å². The van der Waals surface area contributed by atoms with Crippen LogP contribution in [0.15, 0.2) is 12.3 Å². The Morgan fingerprint density at radius 1 is 1.40 bits per heavy atom. The molecule has 0 spiro atoms. The third-order valence-electron chi connectivity index (χ3n) is 3.79. The molecule has 0 atom stereocenters. The lowest BCUT2D eigenvalue weighted by molar-refractivity contribution is -0.146. The Balaban J connectivity index is 2.03. The third-order valence-corrected chi connectivity index (χ3v) is 3.79. The highest BCUT2D eigenvalue weighted by atomic mass is 16.5. The summed E-state index contributed by atoms with van der Waals surface area (Å²) in [7, 11) is 1.40. The van der Waals surface area contributed by atoms with Crippen LogP contribution in [0.5, 0.6) is 0 Å². The Bertz CT molecular complexity index is 502. The number of rotatable bonds is 3.